The molecule has 0 bridgehead atoms. The van der Waals surface area contributed by atoms with Crippen molar-refractivity contribution in [1.29, 1.82) is 0 Å². The standard InChI is InChI=1S/C13H18BrIN2O/c1-13(2,3)11(7-16)17-12(18)9-6-8(14)4-5-10(9)15/h4-6,11H,7,16H2,1-3H3,(H,17,18). The van der Waals surface area contributed by atoms with E-state index in [1.807, 2.05) is 18.2 Å². The molecule has 3 nitrogen and oxygen atoms in total. The molecule has 0 saturated carbocycles. The summed E-state index contributed by atoms with van der Waals surface area (Å²) in [4.78, 5) is 12.2. The lowest BCUT2D eigenvalue weighted by Gasteiger charge is -2.30. The molecule has 0 fully saturated rings. The van der Waals surface area contributed by atoms with Crippen molar-refractivity contribution >= 4 is 44.4 Å². The van der Waals surface area contributed by atoms with Crippen LogP contribution in [0.1, 0.15) is 31.1 Å². The first-order valence-electron chi connectivity index (χ1n) is 5.71. The highest BCUT2D eigenvalue weighted by Crippen LogP contribution is 2.21. The van der Waals surface area contributed by atoms with Crippen LogP contribution >= 0.6 is 38.5 Å². The molecule has 5 heteroatoms. The van der Waals surface area contributed by atoms with Gasteiger partial charge in [0.15, 0.2) is 0 Å². The summed E-state index contributed by atoms with van der Waals surface area (Å²) in [7, 11) is 0. The molecule has 1 aromatic carbocycles. The largest absolute Gasteiger partial charge is 0.347 e. The van der Waals surface area contributed by atoms with Crippen LogP contribution in [0, 0.1) is 8.99 Å². The first kappa shape index (κ1) is 15.9. The van der Waals surface area contributed by atoms with Crippen LogP contribution < -0.4 is 11.1 Å². The van der Waals surface area contributed by atoms with Gasteiger partial charge in [0.1, 0.15) is 0 Å². The van der Waals surface area contributed by atoms with E-state index in [9.17, 15) is 4.79 Å². The molecule has 0 aliphatic rings. The molecule has 0 saturated heterocycles. The fourth-order valence-electron chi connectivity index (χ4n) is 1.54. The lowest BCUT2D eigenvalue weighted by atomic mass is 9.86. The fourth-order valence-corrected chi connectivity index (χ4v) is 2.48. The van der Waals surface area contributed by atoms with Gasteiger partial charge in [0.2, 0.25) is 0 Å². The van der Waals surface area contributed by atoms with Gasteiger partial charge in [-0.1, -0.05) is 36.7 Å². The van der Waals surface area contributed by atoms with Crippen molar-refractivity contribution in [1.82, 2.24) is 5.32 Å². The van der Waals surface area contributed by atoms with Crippen LogP contribution in [-0.2, 0) is 0 Å². The molecular formula is C13H18BrIN2O. The Morgan fingerprint density at radius 1 is 1.50 bits per heavy atom. The first-order valence-corrected chi connectivity index (χ1v) is 7.59. The van der Waals surface area contributed by atoms with Crippen molar-refractivity contribution in [3.05, 3.63) is 31.8 Å². The summed E-state index contributed by atoms with van der Waals surface area (Å²) < 4.78 is 1.83. The number of benzene rings is 1. The molecule has 1 aromatic rings. The van der Waals surface area contributed by atoms with Crippen LogP contribution in [-0.4, -0.2) is 18.5 Å². The van der Waals surface area contributed by atoms with E-state index >= 15 is 0 Å². The van der Waals surface area contributed by atoms with Gasteiger partial charge in [-0.3, -0.25) is 4.79 Å². The summed E-state index contributed by atoms with van der Waals surface area (Å²) in [6.45, 7) is 6.63. The third-order valence-electron chi connectivity index (χ3n) is 2.76. The first-order chi connectivity index (χ1) is 8.25. The second kappa shape index (κ2) is 6.34. The van der Waals surface area contributed by atoms with E-state index < -0.39 is 0 Å². The van der Waals surface area contributed by atoms with Gasteiger partial charge < -0.3 is 11.1 Å². The number of carbonyl (C=O) groups is 1. The summed E-state index contributed by atoms with van der Waals surface area (Å²) in [6, 6.07) is 5.62. The average Bonchev–Trinajstić information content (AvgIpc) is 2.27. The van der Waals surface area contributed by atoms with Crippen LogP contribution in [0.15, 0.2) is 22.7 Å². The normalized spacial score (nSPS) is 13.2. The maximum absolute atomic E-state index is 12.2. The fraction of sp³-hybridized carbons (Fsp3) is 0.462. The van der Waals surface area contributed by atoms with Gasteiger partial charge in [-0.05, 0) is 46.2 Å². The van der Waals surface area contributed by atoms with Crippen LogP contribution in [0.5, 0.6) is 0 Å². The maximum atomic E-state index is 12.2. The Labute approximate surface area is 130 Å². The number of halogens is 2. The van der Waals surface area contributed by atoms with Gasteiger partial charge in [-0.2, -0.15) is 0 Å². The van der Waals surface area contributed by atoms with Crippen LogP contribution in [0.4, 0.5) is 0 Å². The number of nitrogens with two attached hydrogens (primary N) is 1. The molecule has 0 heterocycles. The Kier molecular flexibility index (Phi) is 5.61. The third kappa shape index (κ3) is 4.20. The van der Waals surface area contributed by atoms with Crippen molar-refractivity contribution < 1.29 is 4.79 Å². The predicted octanol–water partition coefficient (Wildman–Crippen LogP) is 3.16. The molecule has 0 spiro atoms. The van der Waals surface area contributed by atoms with Crippen molar-refractivity contribution in [2.75, 3.05) is 6.54 Å². The lowest BCUT2D eigenvalue weighted by molar-refractivity contribution is 0.0904. The summed E-state index contributed by atoms with van der Waals surface area (Å²) in [5.41, 5.74) is 6.35. The van der Waals surface area contributed by atoms with Gasteiger partial charge in [-0.15, -0.1) is 0 Å². The van der Waals surface area contributed by atoms with E-state index in [-0.39, 0.29) is 17.4 Å². The zero-order valence-electron chi connectivity index (χ0n) is 10.8. The number of hydrogen-bond acceptors (Lipinski definition) is 2. The summed E-state index contributed by atoms with van der Waals surface area (Å²) in [6.07, 6.45) is 0. The van der Waals surface area contributed by atoms with Crippen molar-refractivity contribution in [2.45, 2.75) is 26.8 Å². The SMILES string of the molecule is CC(C)(C)C(CN)NC(=O)c1cc(Br)ccc1I. The molecule has 18 heavy (non-hydrogen) atoms. The highest BCUT2D eigenvalue weighted by atomic mass is 127. The van der Waals surface area contributed by atoms with E-state index in [2.05, 4.69) is 64.6 Å². The minimum atomic E-state index is -0.0777. The highest BCUT2D eigenvalue weighted by Gasteiger charge is 2.25. The average molecular weight is 425 g/mol. The molecule has 0 aliphatic heterocycles. The number of carbonyl (C=O) groups excluding carboxylic acids is 1. The van der Waals surface area contributed by atoms with Gasteiger partial charge in [0.25, 0.3) is 5.91 Å². The summed E-state index contributed by atoms with van der Waals surface area (Å²) in [5.74, 6) is -0.0777. The van der Waals surface area contributed by atoms with Crippen LogP contribution in [0.25, 0.3) is 0 Å². The zero-order chi connectivity index (χ0) is 13.9. The molecule has 0 radical (unpaired) electrons. The Morgan fingerprint density at radius 3 is 2.61 bits per heavy atom. The maximum Gasteiger partial charge on any atom is 0.252 e. The topological polar surface area (TPSA) is 55.1 Å². The quantitative estimate of drug-likeness (QED) is 0.732. The molecule has 1 atom stereocenters. The van der Waals surface area contributed by atoms with E-state index in [1.165, 1.54) is 0 Å². The van der Waals surface area contributed by atoms with Crippen molar-refractivity contribution in [3.63, 3.8) is 0 Å². The summed E-state index contributed by atoms with van der Waals surface area (Å²) >= 11 is 5.54. The molecule has 3 N–H and O–H groups in total. The minimum absolute atomic E-state index is 0.0419. The highest BCUT2D eigenvalue weighted by molar-refractivity contribution is 14.1. The molecule has 1 rings (SSSR count). The molecule has 1 unspecified atom stereocenters. The molecule has 1 amide bonds. The van der Waals surface area contributed by atoms with Gasteiger partial charge >= 0.3 is 0 Å². The predicted molar refractivity (Wildman–Crippen MR) is 86.6 cm³/mol. The summed E-state index contributed by atoms with van der Waals surface area (Å²) in [5, 5.41) is 3.00. The Balaban J connectivity index is 2.91. The van der Waals surface area contributed by atoms with E-state index in [0.29, 0.717) is 12.1 Å². The smallest absolute Gasteiger partial charge is 0.252 e. The monoisotopic (exact) mass is 424 g/mol. The molecule has 0 aliphatic carbocycles. The molecule has 0 aromatic heterocycles. The van der Waals surface area contributed by atoms with Crippen LogP contribution in [0.3, 0.4) is 0 Å². The Morgan fingerprint density at radius 2 is 2.11 bits per heavy atom. The van der Waals surface area contributed by atoms with Crippen molar-refractivity contribution in [2.24, 2.45) is 11.1 Å². The van der Waals surface area contributed by atoms with Gasteiger partial charge in [0, 0.05) is 20.6 Å². The van der Waals surface area contributed by atoms with Gasteiger partial charge in [0.05, 0.1) is 5.56 Å². The Bertz CT molecular complexity index is 443. The number of amides is 1. The van der Waals surface area contributed by atoms with E-state index in [4.69, 9.17) is 5.73 Å². The third-order valence-corrected chi connectivity index (χ3v) is 4.19. The second-order valence-corrected chi connectivity index (χ2v) is 7.33. The molecule has 100 valence electrons. The van der Waals surface area contributed by atoms with Crippen LogP contribution in [0.2, 0.25) is 0 Å². The second-order valence-electron chi connectivity index (χ2n) is 5.25. The minimum Gasteiger partial charge on any atom is -0.347 e. The molecular weight excluding hydrogens is 407 g/mol. The number of hydrogen-bond donors (Lipinski definition) is 2. The number of nitrogens with one attached hydrogen (secondary N) is 1. The Hall–Kier alpha value is -0.140. The zero-order valence-corrected chi connectivity index (χ0v) is 14.5. The van der Waals surface area contributed by atoms with Crippen molar-refractivity contribution in [3.8, 4) is 0 Å². The van der Waals surface area contributed by atoms with E-state index in [0.717, 1.165) is 8.04 Å². The van der Waals surface area contributed by atoms with E-state index in [1.54, 1.807) is 0 Å². The lowest BCUT2D eigenvalue weighted by Crippen LogP contribution is -2.48. The number of rotatable bonds is 3. The van der Waals surface area contributed by atoms with Gasteiger partial charge in [-0.25, -0.2) is 0 Å².